The van der Waals surface area contributed by atoms with Gasteiger partial charge in [0.15, 0.2) is 0 Å². The first-order chi connectivity index (χ1) is 6.81. The van der Waals surface area contributed by atoms with E-state index in [1.54, 1.807) is 12.3 Å². The minimum absolute atomic E-state index is 0.322. The molecule has 74 valence electrons. The second kappa shape index (κ2) is 3.78. The Balaban J connectivity index is 2.13. The first-order valence-electron chi connectivity index (χ1n) is 4.85. The van der Waals surface area contributed by atoms with E-state index < -0.39 is 0 Å². The van der Waals surface area contributed by atoms with E-state index in [9.17, 15) is 4.79 Å². The first-order valence-corrected chi connectivity index (χ1v) is 4.85. The molecule has 1 saturated carbocycles. The molecule has 2 rings (SSSR count). The molecule has 0 spiro atoms. The van der Waals surface area contributed by atoms with E-state index in [1.807, 2.05) is 6.07 Å². The summed E-state index contributed by atoms with van der Waals surface area (Å²) in [7, 11) is 1.38. The third-order valence-electron chi connectivity index (χ3n) is 2.73. The number of esters is 1. The summed E-state index contributed by atoms with van der Waals surface area (Å²) >= 11 is 0. The zero-order chi connectivity index (χ0) is 9.97. The van der Waals surface area contributed by atoms with Gasteiger partial charge < -0.3 is 4.74 Å². The van der Waals surface area contributed by atoms with Crippen LogP contribution in [0, 0.1) is 0 Å². The highest BCUT2D eigenvalue weighted by molar-refractivity contribution is 5.88. The van der Waals surface area contributed by atoms with Crippen LogP contribution in [0.15, 0.2) is 18.3 Å². The number of aromatic nitrogens is 1. The summed E-state index contributed by atoms with van der Waals surface area (Å²) in [5, 5.41) is 0. The number of rotatable bonds is 2. The third-order valence-corrected chi connectivity index (χ3v) is 2.73. The Labute approximate surface area is 83.1 Å². The Morgan fingerprint density at radius 1 is 1.50 bits per heavy atom. The Kier molecular flexibility index (Phi) is 2.48. The minimum atomic E-state index is -0.322. The van der Waals surface area contributed by atoms with Crippen LogP contribution >= 0.6 is 0 Å². The summed E-state index contributed by atoms with van der Waals surface area (Å²) < 4.78 is 4.60. The van der Waals surface area contributed by atoms with Gasteiger partial charge in [-0.1, -0.05) is 6.42 Å². The van der Waals surface area contributed by atoms with Gasteiger partial charge in [0.1, 0.15) is 0 Å². The van der Waals surface area contributed by atoms with E-state index in [2.05, 4.69) is 9.72 Å². The van der Waals surface area contributed by atoms with E-state index in [4.69, 9.17) is 0 Å². The number of nitrogens with zero attached hydrogens (tertiary/aromatic N) is 1. The molecular weight excluding hydrogens is 178 g/mol. The van der Waals surface area contributed by atoms with Crippen molar-refractivity contribution in [1.82, 2.24) is 4.98 Å². The van der Waals surface area contributed by atoms with Crippen LogP contribution in [0.25, 0.3) is 0 Å². The summed E-state index contributed by atoms with van der Waals surface area (Å²) in [5.41, 5.74) is 1.62. The molecule has 0 amide bonds. The van der Waals surface area contributed by atoms with Gasteiger partial charge in [0.05, 0.1) is 12.7 Å². The van der Waals surface area contributed by atoms with Crippen molar-refractivity contribution < 1.29 is 9.53 Å². The molecule has 0 radical (unpaired) electrons. The van der Waals surface area contributed by atoms with Gasteiger partial charge in [-0.2, -0.15) is 0 Å². The fraction of sp³-hybridized carbons (Fsp3) is 0.455. The average molecular weight is 191 g/mol. The van der Waals surface area contributed by atoms with Gasteiger partial charge in [0.25, 0.3) is 0 Å². The van der Waals surface area contributed by atoms with E-state index in [0.717, 1.165) is 5.69 Å². The van der Waals surface area contributed by atoms with Gasteiger partial charge in [-0.3, -0.25) is 4.98 Å². The van der Waals surface area contributed by atoms with Gasteiger partial charge in [0.2, 0.25) is 0 Å². The lowest BCUT2D eigenvalue weighted by molar-refractivity contribution is 0.0600. The lowest BCUT2D eigenvalue weighted by Crippen LogP contribution is -2.11. The second-order valence-electron chi connectivity index (χ2n) is 3.59. The SMILES string of the molecule is COC(=O)c1ccc(C2CCC2)nc1. The topological polar surface area (TPSA) is 39.2 Å². The van der Waals surface area contributed by atoms with Crippen molar-refractivity contribution >= 4 is 5.97 Å². The van der Waals surface area contributed by atoms with E-state index in [-0.39, 0.29) is 5.97 Å². The van der Waals surface area contributed by atoms with Crippen LogP contribution in [-0.4, -0.2) is 18.1 Å². The zero-order valence-corrected chi connectivity index (χ0v) is 8.19. The smallest absolute Gasteiger partial charge is 0.339 e. The molecule has 0 aliphatic heterocycles. The predicted molar refractivity (Wildman–Crippen MR) is 52.2 cm³/mol. The molecule has 0 saturated heterocycles. The molecule has 1 fully saturated rings. The van der Waals surface area contributed by atoms with E-state index >= 15 is 0 Å². The Bertz CT molecular complexity index is 328. The highest BCUT2D eigenvalue weighted by atomic mass is 16.5. The molecule has 0 aromatic carbocycles. The molecule has 3 heteroatoms. The Morgan fingerprint density at radius 2 is 2.29 bits per heavy atom. The number of pyridine rings is 1. The second-order valence-corrected chi connectivity index (χ2v) is 3.59. The maximum atomic E-state index is 11.1. The molecule has 1 heterocycles. The monoisotopic (exact) mass is 191 g/mol. The summed E-state index contributed by atoms with van der Waals surface area (Å²) in [4.78, 5) is 15.4. The molecule has 1 aromatic rings. The highest BCUT2D eigenvalue weighted by Gasteiger charge is 2.20. The predicted octanol–water partition coefficient (Wildman–Crippen LogP) is 2.14. The van der Waals surface area contributed by atoms with Crippen molar-refractivity contribution in [3.05, 3.63) is 29.6 Å². The largest absolute Gasteiger partial charge is 0.465 e. The molecule has 0 N–H and O–H groups in total. The van der Waals surface area contributed by atoms with Crippen molar-refractivity contribution in [1.29, 1.82) is 0 Å². The van der Waals surface area contributed by atoms with Gasteiger partial charge in [0, 0.05) is 17.8 Å². The lowest BCUT2D eigenvalue weighted by atomic mass is 9.82. The molecule has 0 unspecified atom stereocenters. The van der Waals surface area contributed by atoms with Crippen molar-refractivity contribution in [3.63, 3.8) is 0 Å². The summed E-state index contributed by atoms with van der Waals surface area (Å²) in [6.45, 7) is 0. The van der Waals surface area contributed by atoms with E-state index in [1.165, 1.54) is 26.4 Å². The minimum Gasteiger partial charge on any atom is -0.465 e. The van der Waals surface area contributed by atoms with Crippen LogP contribution < -0.4 is 0 Å². The Hall–Kier alpha value is -1.38. The molecule has 1 aliphatic carbocycles. The fourth-order valence-electron chi connectivity index (χ4n) is 1.59. The maximum absolute atomic E-state index is 11.1. The van der Waals surface area contributed by atoms with Crippen LogP contribution in [0.2, 0.25) is 0 Å². The van der Waals surface area contributed by atoms with Crippen molar-refractivity contribution in [3.8, 4) is 0 Å². The summed E-state index contributed by atoms with van der Waals surface area (Å²) in [6, 6.07) is 3.71. The normalized spacial score (nSPS) is 16.1. The number of hydrogen-bond acceptors (Lipinski definition) is 3. The van der Waals surface area contributed by atoms with Crippen LogP contribution in [0.3, 0.4) is 0 Å². The quantitative estimate of drug-likeness (QED) is 0.672. The first kappa shape index (κ1) is 9.19. The standard InChI is InChI=1S/C11H13NO2/c1-14-11(13)9-5-6-10(12-7-9)8-3-2-4-8/h5-8H,2-4H2,1H3. The number of ether oxygens (including phenoxy) is 1. The molecule has 14 heavy (non-hydrogen) atoms. The molecule has 0 atom stereocenters. The summed E-state index contributed by atoms with van der Waals surface area (Å²) in [6.07, 6.45) is 5.35. The van der Waals surface area contributed by atoms with Crippen molar-refractivity contribution in [2.24, 2.45) is 0 Å². The maximum Gasteiger partial charge on any atom is 0.339 e. The van der Waals surface area contributed by atoms with Crippen LogP contribution in [0.4, 0.5) is 0 Å². The number of carbonyl (C=O) groups is 1. The third kappa shape index (κ3) is 1.62. The van der Waals surface area contributed by atoms with Crippen molar-refractivity contribution in [2.45, 2.75) is 25.2 Å². The van der Waals surface area contributed by atoms with Gasteiger partial charge in [-0.05, 0) is 25.0 Å². The average Bonchev–Trinajstić information content (AvgIpc) is 2.15. The number of methoxy groups -OCH3 is 1. The van der Waals surface area contributed by atoms with Crippen LogP contribution in [0.5, 0.6) is 0 Å². The molecule has 1 aliphatic rings. The number of hydrogen-bond donors (Lipinski definition) is 0. The lowest BCUT2D eigenvalue weighted by Gasteiger charge is -2.24. The van der Waals surface area contributed by atoms with Gasteiger partial charge in [-0.15, -0.1) is 0 Å². The Morgan fingerprint density at radius 3 is 2.71 bits per heavy atom. The molecule has 3 nitrogen and oxygen atoms in total. The van der Waals surface area contributed by atoms with Gasteiger partial charge >= 0.3 is 5.97 Å². The van der Waals surface area contributed by atoms with Crippen LogP contribution in [0.1, 0.15) is 41.2 Å². The fourth-order valence-corrected chi connectivity index (χ4v) is 1.59. The summed E-state index contributed by atoms with van der Waals surface area (Å²) in [5.74, 6) is 0.291. The zero-order valence-electron chi connectivity index (χ0n) is 8.19. The molecule has 0 bridgehead atoms. The van der Waals surface area contributed by atoms with Crippen LogP contribution in [-0.2, 0) is 4.74 Å². The van der Waals surface area contributed by atoms with Crippen molar-refractivity contribution in [2.75, 3.05) is 7.11 Å². The highest BCUT2D eigenvalue weighted by Crippen LogP contribution is 2.34. The number of carbonyl (C=O) groups excluding carboxylic acids is 1. The van der Waals surface area contributed by atoms with E-state index in [0.29, 0.717) is 11.5 Å². The van der Waals surface area contributed by atoms with Gasteiger partial charge in [-0.25, -0.2) is 4.79 Å². The molecular formula is C11H13NO2. The molecule has 1 aromatic heterocycles.